The van der Waals surface area contributed by atoms with Crippen molar-refractivity contribution in [3.63, 3.8) is 0 Å². The summed E-state index contributed by atoms with van der Waals surface area (Å²) < 4.78 is 0. The Morgan fingerprint density at radius 2 is 1.50 bits per heavy atom. The zero-order chi connectivity index (χ0) is 31.5. The lowest BCUT2D eigenvalue weighted by Crippen LogP contribution is -2.52. The Morgan fingerprint density at radius 1 is 0.975 bits per heavy atom. The molecule has 0 spiro atoms. The maximum Gasteiger partial charge on any atom is 0.307 e. The second kappa shape index (κ2) is 22.0. The highest BCUT2D eigenvalue weighted by atomic mass is 16.4. The summed E-state index contributed by atoms with van der Waals surface area (Å²) in [5.41, 5.74) is -0.407. The standard InChI is InChI=1S/C20H35NO4.C11H20.2C2H6/c1-12(2)11-15(16(19(24)25)14-9-7-8-10-14)18(23)21-17(13(3)22)20(4,5)6;1-3-5-10-7-8-11(9-10)6-4-2;2*1-2/h12,14-17H,7-11H2,1-6H3,(H,21,23)(H,24,25);3,10-11H,1,4-9H2,2H3;2*1-2H3/t15?,16-,17+;;;/m0.../s1. The Labute approximate surface area is 248 Å². The first-order valence-corrected chi connectivity index (χ1v) is 16.5. The number of Topliss-reactive ketones (excluding diaryl/α,β-unsaturated/α-hetero) is 1. The molecule has 40 heavy (non-hydrogen) atoms. The largest absolute Gasteiger partial charge is 0.481 e. The van der Waals surface area contributed by atoms with Gasteiger partial charge in [0, 0.05) is 0 Å². The van der Waals surface area contributed by atoms with Crippen LogP contribution in [0.25, 0.3) is 0 Å². The van der Waals surface area contributed by atoms with Gasteiger partial charge in [-0.25, -0.2) is 0 Å². The molecule has 0 aromatic carbocycles. The molecule has 2 N–H and O–H groups in total. The lowest BCUT2D eigenvalue weighted by Gasteiger charge is -2.34. The number of nitrogens with one attached hydrogen (secondary N) is 1. The number of carboxylic acids is 1. The van der Waals surface area contributed by atoms with Gasteiger partial charge in [-0.05, 0) is 74.5 Å². The van der Waals surface area contributed by atoms with Gasteiger partial charge in [0.15, 0.2) is 5.78 Å². The van der Waals surface area contributed by atoms with Crippen molar-refractivity contribution in [1.82, 2.24) is 5.32 Å². The van der Waals surface area contributed by atoms with Gasteiger partial charge in [-0.1, -0.05) is 107 Å². The van der Waals surface area contributed by atoms with Crippen LogP contribution in [0.5, 0.6) is 0 Å². The first-order valence-electron chi connectivity index (χ1n) is 16.5. The molecule has 1 amide bonds. The molecule has 5 heteroatoms. The van der Waals surface area contributed by atoms with Crippen molar-refractivity contribution < 1.29 is 19.5 Å². The highest BCUT2D eigenvalue weighted by molar-refractivity contribution is 5.91. The van der Waals surface area contributed by atoms with Crippen molar-refractivity contribution in [1.29, 1.82) is 0 Å². The number of ketones is 1. The van der Waals surface area contributed by atoms with Crippen LogP contribution in [0.1, 0.15) is 147 Å². The smallest absolute Gasteiger partial charge is 0.307 e. The molecule has 2 aliphatic rings. The van der Waals surface area contributed by atoms with Gasteiger partial charge in [0.2, 0.25) is 5.91 Å². The first-order chi connectivity index (χ1) is 18.8. The van der Waals surface area contributed by atoms with Crippen LogP contribution in [0.2, 0.25) is 0 Å². The van der Waals surface area contributed by atoms with Gasteiger partial charge < -0.3 is 10.4 Å². The molecule has 5 atom stereocenters. The summed E-state index contributed by atoms with van der Waals surface area (Å²) in [7, 11) is 0. The Morgan fingerprint density at radius 3 is 1.90 bits per heavy atom. The fourth-order valence-electron chi connectivity index (χ4n) is 6.42. The van der Waals surface area contributed by atoms with Gasteiger partial charge in [-0.15, -0.1) is 6.58 Å². The third-order valence-corrected chi connectivity index (χ3v) is 8.09. The Balaban J connectivity index is 0. The maximum atomic E-state index is 13.0. The van der Waals surface area contributed by atoms with E-state index in [1.807, 2.05) is 62.3 Å². The molecule has 236 valence electrons. The number of aliphatic carboxylic acids is 1. The van der Waals surface area contributed by atoms with Gasteiger partial charge in [-0.2, -0.15) is 0 Å². The molecule has 0 aliphatic heterocycles. The number of hydrogen-bond acceptors (Lipinski definition) is 3. The van der Waals surface area contributed by atoms with E-state index in [4.69, 9.17) is 0 Å². The summed E-state index contributed by atoms with van der Waals surface area (Å²) in [6.07, 6.45) is 14.9. The predicted octanol–water partition coefficient (Wildman–Crippen LogP) is 9.49. The fourth-order valence-corrected chi connectivity index (χ4v) is 6.42. The van der Waals surface area contributed by atoms with E-state index in [9.17, 15) is 19.5 Å². The van der Waals surface area contributed by atoms with E-state index in [-0.39, 0.29) is 23.5 Å². The van der Waals surface area contributed by atoms with E-state index in [0.717, 1.165) is 37.5 Å². The molecule has 2 saturated carbocycles. The number of amides is 1. The number of hydrogen-bond donors (Lipinski definition) is 2. The number of rotatable bonds is 12. The minimum atomic E-state index is -0.886. The fraction of sp³-hybridized carbons (Fsp3) is 0.857. The molecule has 0 heterocycles. The maximum absolute atomic E-state index is 13.0. The van der Waals surface area contributed by atoms with Crippen molar-refractivity contribution >= 4 is 17.7 Å². The van der Waals surface area contributed by atoms with Crippen LogP contribution in [-0.4, -0.2) is 28.8 Å². The van der Waals surface area contributed by atoms with Gasteiger partial charge >= 0.3 is 5.97 Å². The van der Waals surface area contributed by atoms with E-state index in [1.54, 1.807) is 0 Å². The molecule has 0 bridgehead atoms. The summed E-state index contributed by atoms with van der Waals surface area (Å²) >= 11 is 0. The van der Waals surface area contributed by atoms with Gasteiger partial charge in [0.05, 0.1) is 17.9 Å². The summed E-state index contributed by atoms with van der Waals surface area (Å²) in [4.78, 5) is 37.0. The van der Waals surface area contributed by atoms with Crippen molar-refractivity contribution in [3.05, 3.63) is 12.7 Å². The van der Waals surface area contributed by atoms with E-state index < -0.39 is 29.3 Å². The predicted molar refractivity (Wildman–Crippen MR) is 171 cm³/mol. The van der Waals surface area contributed by atoms with Gasteiger partial charge in [0.1, 0.15) is 0 Å². The van der Waals surface area contributed by atoms with Crippen molar-refractivity contribution in [2.45, 2.75) is 153 Å². The molecule has 0 aromatic rings. The van der Waals surface area contributed by atoms with E-state index in [0.29, 0.717) is 6.42 Å². The van der Waals surface area contributed by atoms with Crippen molar-refractivity contribution in [3.8, 4) is 0 Å². The van der Waals surface area contributed by atoms with Crippen LogP contribution in [0.3, 0.4) is 0 Å². The molecule has 0 aromatic heterocycles. The van der Waals surface area contributed by atoms with E-state index in [1.165, 1.54) is 45.4 Å². The highest BCUT2D eigenvalue weighted by Crippen LogP contribution is 2.38. The minimum absolute atomic E-state index is 0.0532. The topological polar surface area (TPSA) is 83.5 Å². The van der Waals surface area contributed by atoms with Crippen LogP contribution < -0.4 is 5.32 Å². The van der Waals surface area contributed by atoms with Crippen LogP contribution in [0.15, 0.2) is 12.7 Å². The zero-order valence-corrected chi connectivity index (χ0v) is 28.3. The molecule has 0 radical (unpaired) electrons. The molecule has 5 nitrogen and oxygen atoms in total. The van der Waals surface area contributed by atoms with Crippen LogP contribution in [-0.2, 0) is 14.4 Å². The van der Waals surface area contributed by atoms with Crippen LogP contribution in [0.4, 0.5) is 0 Å². The highest BCUT2D eigenvalue weighted by Gasteiger charge is 2.42. The molecular formula is C35H67NO4. The number of carbonyl (C=O) groups is 3. The summed E-state index contributed by atoms with van der Waals surface area (Å²) in [5.74, 6) is -0.249. The zero-order valence-electron chi connectivity index (χ0n) is 28.3. The number of carbonyl (C=O) groups excluding carboxylic acids is 2. The Hall–Kier alpha value is -1.65. The average molecular weight is 566 g/mol. The Bertz CT molecular complexity index is 703. The minimum Gasteiger partial charge on any atom is -0.481 e. The second-order valence-corrected chi connectivity index (χ2v) is 12.9. The molecule has 2 fully saturated rings. The van der Waals surface area contributed by atoms with Crippen molar-refractivity contribution in [2.24, 2.45) is 40.9 Å². The third-order valence-electron chi connectivity index (χ3n) is 8.09. The monoisotopic (exact) mass is 566 g/mol. The average Bonchev–Trinajstić information content (AvgIpc) is 3.57. The lowest BCUT2D eigenvalue weighted by atomic mass is 9.75. The van der Waals surface area contributed by atoms with Crippen molar-refractivity contribution in [2.75, 3.05) is 0 Å². The molecule has 0 saturated heterocycles. The van der Waals surface area contributed by atoms with Crippen LogP contribution in [0, 0.1) is 40.9 Å². The number of allylic oxidation sites excluding steroid dienone is 1. The third kappa shape index (κ3) is 15.4. The second-order valence-electron chi connectivity index (χ2n) is 12.9. The SMILES string of the molecule is C=CCC1CCC(CCC)C1.CC.CC.CC(=O)[C@@H](NC(=O)C(CC(C)C)[C@@H](C(=O)O)C1CCCC1)C(C)(C)C. The lowest BCUT2D eigenvalue weighted by molar-refractivity contribution is -0.150. The molecule has 3 unspecified atom stereocenters. The summed E-state index contributed by atoms with van der Waals surface area (Å²) in [6, 6.07) is -0.604. The van der Waals surface area contributed by atoms with Gasteiger partial charge in [0.25, 0.3) is 0 Å². The van der Waals surface area contributed by atoms with E-state index in [2.05, 4.69) is 24.9 Å². The molecule has 2 aliphatic carbocycles. The summed E-state index contributed by atoms with van der Waals surface area (Å²) in [6.45, 7) is 25.3. The summed E-state index contributed by atoms with van der Waals surface area (Å²) in [5, 5.41) is 12.7. The number of carboxylic acid groups (broad SMARTS) is 1. The quantitative estimate of drug-likeness (QED) is 0.231. The van der Waals surface area contributed by atoms with E-state index >= 15 is 0 Å². The normalized spacial score (nSPS) is 20.9. The first kappa shape index (κ1) is 40.5. The molecule has 2 rings (SSSR count). The molecular weight excluding hydrogens is 498 g/mol. The van der Waals surface area contributed by atoms with Crippen LogP contribution >= 0.6 is 0 Å². The Kier molecular flexibility index (Phi) is 22.3. The van der Waals surface area contributed by atoms with Gasteiger partial charge in [-0.3, -0.25) is 14.4 Å².